The van der Waals surface area contributed by atoms with Gasteiger partial charge in [-0.3, -0.25) is 4.79 Å². The molecule has 1 amide bonds. The molecule has 0 bridgehead atoms. The van der Waals surface area contributed by atoms with Crippen molar-refractivity contribution in [2.75, 3.05) is 11.9 Å². The number of halogens is 2. The number of thioether (sulfide) groups is 1. The minimum atomic E-state index is -0.515. The summed E-state index contributed by atoms with van der Waals surface area (Å²) in [7, 11) is 0. The molecule has 8 heteroatoms. The molecule has 2 heterocycles. The van der Waals surface area contributed by atoms with Gasteiger partial charge in [0.25, 0.3) is 0 Å². The Morgan fingerprint density at radius 1 is 1.52 bits per heavy atom. The number of nitrogens with zero attached hydrogens (tertiary/aromatic N) is 2. The van der Waals surface area contributed by atoms with Gasteiger partial charge in [-0.2, -0.15) is 0 Å². The Morgan fingerprint density at radius 3 is 2.96 bits per heavy atom. The number of hydrogen-bond donors (Lipinski definition) is 1. The van der Waals surface area contributed by atoms with Gasteiger partial charge in [0.15, 0.2) is 5.16 Å². The second-order valence-corrected chi connectivity index (χ2v) is 8.40. The topological polar surface area (TPSA) is 56.2 Å². The van der Waals surface area contributed by atoms with Gasteiger partial charge in [-0.15, -0.1) is 0 Å². The lowest BCUT2D eigenvalue weighted by Crippen LogP contribution is -2.23. The van der Waals surface area contributed by atoms with E-state index in [2.05, 4.69) is 14.9 Å². The van der Waals surface area contributed by atoms with Gasteiger partial charge >= 0.3 is 0 Å². The van der Waals surface area contributed by atoms with Crippen LogP contribution in [0.25, 0.3) is 0 Å². The maximum atomic E-state index is 13.3. The van der Waals surface area contributed by atoms with Crippen molar-refractivity contribution in [3.63, 3.8) is 0 Å². The van der Waals surface area contributed by atoms with Crippen LogP contribution in [0.3, 0.4) is 0 Å². The molecule has 146 valence electrons. The molecule has 0 saturated carbocycles. The maximum absolute atomic E-state index is 13.3. The van der Waals surface area contributed by atoms with Crippen molar-refractivity contribution in [2.45, 2.75) is 56.7 Å². The number of aromatic nitrogens is 2. The highest BCUT2D eigenvalue weighted by Crippen LogP contribution is 2.28. The number of anilines is 1. The molecule has 2 aromatic rings. The molecule has 1 aromatic heterocycles. The Hall–Kier alpha value is -1.57. The van der Waals surface area contributed by atoms with Crippen LogP contribution in [0.5, 0.6) is 0 Å². The Labute approximate surface area is 167 Å². The molecular weight excluding hydrogens is 389 g/mol. The Morgan fingerprint density at radius 2 is 2.30 bits per heavy atom. The van der Waals surface area contributed by atoms with E-state index in [1.165, 1.54) is 30.0 Å². The molecule has 1 fully saturated rings. The van der Waals surface area contributed by atoms with E-state index in [1.807, 2.05) is 20.8 Å². The van der Waals surface area contributed by atoms with Crippen LogP contribution in [0, 0.1) is 19.7 Å². The molecule has 27 heavy (non-hydrogen) atoms. The zero-order chi connectivity index (χ0) is 19.6. The van der Waals surface area contributed by atoms with Gasteiger partial charge in [0, 0.05) is 18.0 Å². The molecule has 1 aromatic carbocycles. The lowest BCUT2D eigenvalue weighted by Gasteiger charge is -2.16. The Kier molecular flexibility index (Phi) is 6.44. The fourth-order valence-electron chi connectivity index (χ4n) is 2.95. The number of hydrogen-bond acceptors (Lipinski definition) is 4. The second-order valence-electron chi connectivity index (χ2n) is 6.69. The number of aryl methyl sites for hydroxylation is 1. The number of rotatable bonds is 6. The molecule has 1 N–H and O–H groups in total. The van der Waals surface area contributed by atoms with Crippen LogP contribution in [-0.4, -0.2) is 33.4 Å². The SMILES string of the molecule is Cc1nc(SC(C)C(=O)Nc2ccc(F)c(Cl)c2)n(CC2CCCO2)c1C. The van der Waals surface area contributed by atoms with E-state index in [-0.39, 0.29) is 22.3 Å². The van der Waals surface area contributed by atoms with Gasteiger partial charge in [0.05, 0.1) is 28.6 Å². The molecular formula is C19H23ClFN3O2S. The van der Waals surface area contributed by atoms with Gasteiger partial charge in [-0.1, -0.05) is 23.4 Å². The Bertz CT molecular complexity index is 837. The summed E-state index contributed by atoms with van der Waals surface area (Å²) in [4.78, 5) is 17.2. The highest BCUT2D eigenvalue weighted by atomic mass is 35.5. The van der Waals surface area contributed by atoms with Crippen molar-refractivity contribution in [1.82, 2.24) is 9.55 Å². The summed E-state index contributed by atoms with van der Waals surface area (Å²) in [6.07, 6.45) is 2.32. The third kappa shape index (κ3) is 4.83. The fraction of sp³-hybridized carbons (Fsp3) is 0.474. The summed E-state index contributed by atoms with van der Waals surface area (Å²) in [6.45, 7) is 7.37. The van der Waals surface area contributed by atoms with E-state index in [0.29, 0.717) is 5.69 Å². The molecule has 3 rings (SSSR count). The van der Waals surface area contributed by atoms with E-state index in [0.717, 1.165) is 42.5 Å². The quantitative estimate of drug-likeness (QED) is 0.706. The van der Waals surface area contributed by atoms with Crippen LogP contribution in [0.2, 0.25) is 5.02 Å². The van der Waals surface area contributed by atoms with Gasteiger partial charge in [0.1, 0.15) is 5.82 Å². The summed E-state index contributed by atoms with van der Waals surface area (Å²) in [5.74, 6) is -0.705. The minimum absolute atomic E-state index is 0.0218. The van der Waals surface area contributed by atoms with E-state index < -0.39 is 5.82 Å². The highest BCUT2D eigenvalue weighted by molar-refractivity contribution is 8.00. The van der Waals surface area contributed by atoms with Crippen LogP contribution >= 0.6 is 23.4 Å². The first kappa shape index (κ1) is 20.2. The summed E-state index contributed by atoms with van der Waals surface area (Å²) in [6, 6.07) is 4.12. The monoisotopic (exact) mass is 411 g/mol. The molecule has 0 radical (unpaired) electrons. The highest BCUT2D eigenvalue weighted by Gasteiger charge is 2.23. The average Bonchev–Trinajstić information content (AvgIpc) is 3.22. The zero-order valence-electron chi connectivity index (χ0n) is 15.6. The van der Waals surface area contributed by atoms with Crippen LogP contribution in [0.15, 0.2) is 23.4 Å². The first-order valence-electron chi connectivity index (χ1n) is 8.93. The largest absolute Gasteiger partial charge is 0.376 e. The maximum Gasteiger partial charge on any atom is 0.237 e. The van der Waals surface area contributed by atoms with Crippen molar-refractivity contribution in [3.8, 4) is 0 Å². The van der Waals surface area contributed by atoms with Gasteiger partial charge < -0.3 is 14.6 Å². The average molecular weight is 412 g/mol. The van der Waals surface area contributed by atoms with Crippen molar-refractivity contribution in [1.29, 1.82) is 0 Å². The van der Waals surface area contributed by atoms with Crippen molar-refractivity contribution in [2.24, 2.45) is 0 Å². The van der Waals surface area contributed by atoms with Crippen LogP contribution in [-0.2, 0) is 16.1 Å². The van der Waals surface area contributed by atoms with Crippen LogP contribution in [0.1, 0.15) is 31.2 Å². The third-order valence-corrected chi connectivity index (χ3v) is 6.05. The molecule has 2 atom stereocenters. The number of benzene rings is 1. The number of amides is 1. The predicted octanol–water partition coefficient (Wildman–Crippen LogP) is 4.59. The molecule has 0 spiro atoms. The molecule has 0 aliphatic carbocycles. The first-order valence-corrected chi connectivity index (χ1v) is 10.2. The van der Waals surface area contributed by atoms with Crippen LogP contribution in [0.4, 0.5) is 10.1 Å². The second kappa shape index (κ2) is 8.63. The minimum Gasteiger partial charge on any atom is -0.376 e. The molecule has 1 saturated heterocycles. The summed E-state index contributed by atoms with van der Waals surface area (Å²) >= 11 is 7.17. The van der Waals surface area contributed by atoms with Crippen molar-refractivity contribution < 1.29 is 13.9 Å². The van der Waals surface area contributed by atoms with Gasteiger partial charge in [0.2, 0.25) is 5.91 Å². The number of ether oxygens (including phenoxy) is 1. The normalized spacial score (nSPS) is 17.9. The van der Waals surface area contributed by atoms with Gasteiger partial charge in [-0.05, 0) is 51.8 Å². The molecule has 1 aliphatic heterocycles. The van der Waals surface area contributed by atoms with Gasteiger partial charge in [-0.25, -0.2) is 9.37 Å². The lowest BCUT2D eigenvalue weighted by molar-refractivity contribution is -0.115. The van der Waals surface area contributed by atoms with Crippen molar-refractivity contribution in [3.05, 3.63) is 40.4 Å². The summed E-state index contributed by atoms with van der Waals surface area (Å²) < 4.78 is 21.1. The lowest BCUT2D eigenvalue weighted by atomic mass is 10.2. The molecule has 5 nitrogen and oxygen atoms in total. The number of carbonyl (C=O) groups excluding carboxylic acids is 1. The fourth-order valence-corrected chi connectivity index (χ4v) is 4.14. The smallest absolute Gasteiger partial charge is 0.237 e. The number of nitrogens with one attached hydrogen (secondary N) is 1. The number of imidazole rings is 1. The Balaban J connectivity index is 1.69. The van der Waals surface area contributed by atoms with Crippen molar-refractivity contribution >= 4 is 35.0 Å². The van der Waals surface area contributed by atoms with E-state index >= 15 is 0 Å². The van der Waals surface area contributed by atoms with E-state index in [4.69, 9.17) is 16.3 Å². The third-order valence-electron chi connectivity index (χ3n) is 4.67. The summed E-state index contributed by atoms with van der Waals surface area (Å²) in [5, 5.41) is 3.18. The van der Waals surface area contributed by atoms with E-state index in [1.54, 1.807) is 0 Å². The predicted molar refractivity (Wildman–Crippen MR) is 106 cm³/mol. The van der Waals surface area contributed by atoms with Crippen LogP contribution < -0.4 is 5.32 Å². The molecule has 2 unspecified atom stereocenters. The van der Waals surface area contributed by atoms with E-state index in [9.17, 15) is 9.18 Å². The summed E-state index contributed by atoms with van der Waals surface area (Å²) in [5.41, 5.74) is 2.51. The first-order chi connectivity index (χ1) is 12.8. The molecule has 1 aliphatic rings. The number of carbonyl (C=O) groups is 1. The zero-order valence-corrected chi connectivity index (χ0v) is 17.2. The standard InChI is InChI=1S/C19H23ClFN3O2S/c1-11-12(2)24(10-15-5-4-8-26-15)19(22-11)27-13(3)18(25)23-14-6-7-17(21)16(20)9-14/h6-7,9,13,15H,4-5,8,10H2,1-3H3,(H,23,25).